The zero-order valence-corrected chi connectivity index (χ0v) is 60.5. The zero-order chi connectivity index (χ0) is 69.1. The highest BCUT2D eigenvalue weighted by atomic mass is 32.1. The van der Waals surface area contributed by atoms with Crippen molar-refractivity contribution < 1.29 is 0 Å². The summed E-state index contributed by atoms with van der Waals surface area (Å²) >= 11 is 7.62. The van der Waals surface area contributed by atoms with E-state index in [9.17, 15) is 0 Å². The number of rotatable bonds is 10. The van der Waals surface area contributed by atoms with Crippen LogP contribution in [0.1, 0.15) is 22.3 Å². The van der Waals surface area contributed by atoms with Crippen LogP contribution >= 0.6 is 45.3 Å². The minimum Gasteiger partial charge on any atom is -0.135 e. The standard InChI is InChI=1S/C51H34S2.C50H30S2/c1-3-11-33(12-4-1)31-51(32-34-13-5-2-6-14-34)45-27-37(47-29-39-21-19-35-15-7-9-17-41(35)49(39)52-47)23-25-43(45)44-26-24-38(28-46(44)51)48-30-40-22-20-36-16-8-10-18-42(36)50(40)53-48;1-3-11-39-31(9-1)17-27-37-29-45(51-49(37)39)33-19-23-35(24-20-33)47-41-13-5-7-15-43(41)48(44-16-8-6-14-42(44)47)36-25-21-34(22-26-36)46-30-38-28-18-32-10-2-4-12-40(32)50(38)52-46/h1-30H,31-32H2;1-30H. The summed E-state index contributed by atoms with van der Waals surface area (Å²) in [6.45, 7) is 0. The smallest absolute Gasteiger partial charge is 0.0427 e. The summed E-state index contributed by atoms with van der Waals surface area (Å²) in [5, 5.41) is 20.8. The number of thiophene rings is 4. The van der Waals surface area contributed by atoms with Crippen molar-refractivity contribution in [3.05, 3.63) is 386 Å². The molecule has 0 atom stereocenters. The summed E-state index contributed by atoms with van der Waals surface area (Å²) in [4.78, 5) is 5.24. The normalized spacial score (nSPS) is 12.5. The zero-order valence-electron chi connectivity index (χ0n) is 57.2. The lowest BCUT2D eigenvalue weighted by Gasteiger charge is -2.33. The Morgan fingerprint density at radius 3 is 0.752 bits per heavy atom. The first-order valence-corrected chi connectivity index (χ1v) is 39.4. The molecule has 0 radical (unpaired) electrons. The minimum absolute atomic E-state index is 0.258. The molecule has 22 rings (SSSR count). The molecule has 0 saturated carbocycles. The molecule has 0 unspecified atom stereocenters. The minimum atomic E-state index is -0.258. The number of hydrogen-bond acceptors (Lipinski definition) is 4. The molecule has 4 heterocycles. The maximum Gasteiger partial charge on any atom is 0.0427 e. The summed E-state index contributed by atoms with van der Waals surface area (Å²) in [6, 6.07) is 136. The molecule has 0 nitrogen and oxygen atoms in total. The van der Waals surface area contributed by atoms with E-state index in [1.165, 1.54) is 202 Å². The van der Waals surface area contributed by atoms with Crippen molar-refractivity contribution in [3.63, 3.8) is 0 Å². The van der Waals surface area contributed by atoms with Gasteiger partial charge in [-0.15, -0.1) is 45.3 Å². The summed E-state index contributed by atoms with van der Waals surface area (Å²) in [6.07, 6.45) is 1.84. The second-order valence-electron chi connectivity index (χ2n) is 28.2. The Hall–Kier alpha value is -11.9. The van der Waals surface area contributed by atoms with E-state index in [1.807, 2.05) is 45.3 Å². The molecule has 0 spiro atoms. The number of hydrogen-bond donors (Lipinski definition) is 0. The molecule has 21 aromatic rings. The molecule has 0 bridgehead atoms. The Morgan fingerprint density at radius 1 is 0.190 bits per heavy atom. The molecule has 0 aliphatic heterocycles. The van der Waals surface area contributed by atoms with Crippen LogP contribution in [0.5, 0.6) is 0 Å². The van der Waals surface area contributed by atoms with E-state index >= 15 is 0 Å². The molecular formula is C101H64S4. The molecule has 0 N–H and O–H groups in total. The quantitative estimate of drug-likeness (QED) is 0.120. The Balaban J connectivity index is 0.000000135. The topological polar surface area (TPSA) is 0 Å². The van der Waals surface area contributed by atoms with Gasteiger partial charge in [0.15, 0.2) is 0 Å². The van der Waals surface area contributed by atoms with Crippen LogP contribution in [0, 0.1) is 0 Å². The molecule has 17 aromatic carbocycles. The van der Waals surface area contributed by atoms with Gasteiger partial charge in [0.25, 0.3) is 0 Å². The summed E-state index contributed by atoms with van der Waals surface area (Å²) in [5.74, 6) is 0. The third-order valence-electron chi connectivity index (χ3n) is 22.1. The highest BCUT2D eigenvalue weighted by Crippen LogP contribution is 2.56. The molecule has 0 amide bonds. The van der Waals surface area contributed by atoms with Gasteiger partial charge in [0.2, 0.25) is 0 Å². The van der Waals surface area contributed by atoms with Gasteiger partial charge in [0.05, 0.1) is 0 Å². The van der Waals surface area contributed by atoms with E-state index in [-0.39, 0.29) is 5.41 Å². The van der Waals surface area contributed by atoms with Crippen LogP contribution in [0.25, 0.3) is 180 Å². The van der Waals surface area contributed by atoms with Gasteiger partial charge in [-0.1, -0.05) is 328 Å². The monoisotopic (exact) mass is 1400 g/mol. The summed E-state index contributed by atoms with van der Waals surface area (Å²) in [5.41, 5.74) is 18.2. The van der Waals surface area contributed by atoms with Gasteiger partial charge in [-0.05, 0) is 213 Å². The van der Waals surface area contributed by atoms with Crippen molar-refractivity contribution in [1.82, 2.24) is 0 Å². The Morgan fingerprint density at radius 2 is 0.438 bits per heavy atom. The molecule has 4 aromatic heterocycles. The van der Waals surface area contributed by atoms with E-state index in [2.05, 4.69) is 364 Å². The van der Waals surface area contributed by atoms with Crippen molar-refractivity contribution in [2.45, 2.75) is 18.3 Å². The maximum atomic E-state index is 2.54. The molecule has 0 fully saturated rings. The average molecular weight is 1410 g/mol. The maximum absolute atomic E-state index is 2.54. The van der Waals surface area contributed by atoms with Crippen LogP contribution in [0.3, 0.4) is 0 Å². The SMILES string of the molecule is c1ccc(CC2(Cc3ccccc3)c3cc(-c4cc5ccc6ccccc6c5s4)ccc3-c3ccc(-c4cc5ccc6ccccc6c5s4)cc32)cc1.c1ccc2c(c1)ccc1cc(-c3ccc(-c4c5ccccc5c(-c5ccc(-c6cc7ccc8ccccc8c7s6)cc5)c5ccccc45)cc3)sc12. The average Bonchev–Trinajstić information content (AvgIpc) is 1.58. The van der Waals surface area contributed by atoms with Crippen LogP contribution in [0.4, 0.5) is 0 Å². The van der Waals surface area contributed by atoms with E-state index in [0.29, 0.717) is 0 Å². The van der Waals surface area contributed by atoms with Gasteiger partial charge in [-0.25, -0.2) is 0 Å². The van der Waals surface area contributed by atoms with Crippen LogP contribution in [-0.2, 0) is 18.3 Å². The van der Waals surface area contributed by atoms with Crippen molar-refractivity contribution in [2.75, 3.05) is 0 Å². The predicted octanol–water partition coefficient (Wildman–Crippen LogP) is 29.9. The van der Waals surface area contributed by atoms with Crippen LogP contribution < -0.4 is 0 Å². The van der Waals surface area contributed by atoms with Crippen LogP contribution in [-0.4, -0.2) is 0 Å². The largest absolute Gasteiger partial charge is 0.135 e. The van der Waals surface area contributed by atoms with Crippen molar-refractivity contribution >= 4 is 150 Å². The lowest BCUT2D eigenvalue weighted by atomic mass is 9.69. The van der Waals surface area contributed by atoms with Crippen molar-refractivity contribution in [3.8, 4) is 75.1 Å². The highest BCUT2D eigenvalue weighted by molar-refractivity contribution is 7.24. The van der Waals surface area contributed by atoms with Crippen molar-refractivity contribution in [2.24, 2.45) is 0 Å². The van der Waals surface area contributed by atoms with E-state index < -0.39 is 0 Å². The molecule has 105 heavy (non-hydrogen) atoms. The lowest BCUT2D eigenvalue weighted by Crippen LogP contribution is -2.31. The molecule has 492 valence electrons. The van der Waals surface area contributed by atoms with Gasteiger partial charge in [-0.2, -0.15) is 0 Å². The third kappa shape index (κ3) is 10.6. The van der Waals surface area contributed by atoms with E-state index in [0.717, 1.165) is 12.8 Å². The Kier molecular flexibility index (Phi) is 14.8. The highest BCUT2D eigenvalue weighted by Gasteiger charge is 2.44. The fraction of sp³-hybridized carbons (Fsp3) is 0.0297. The van der Waals surface area contributed by atoms with Gasteiger partial charge in [0, 0.05) is 43.7 Å². The summed E-state index contributed by atoms with van der Waals surface area (Å²) < 4.78 is 5.44. The van der Waals surface area contributed by atoms with E-state index in [1.54, 1.807) is 0 Å². The van der Waals surface area contributed by atoms with Gasteiger partial charge < -0.3 is 0 Å². The molecule has 1 aliphatic rings. The number of fused-ring (bicyclic) bond motifs is 17. The second kappa shape index (κ2) is 25.2. The van der Waals surface area contributed by atoms with Crippen molar-refractivity contribution in [1.29, 1.82) is 0 Å². The first-order chi connectivity index (χ1) is 52.0. The predicted molar refractivity (Wildman–Crippen MR) is 459 cm³/mol. The Bertz CT molecular complexity index is 6530. The van der Waals surface area contributed by atoms with Gasteiger partial charge in [0.1, 0.15) is 0 Å². The Labute approximate surface area is 624 Å². The fourth-order valence-corrected chi connectivity index (χ4v) is 21.9. The third-order valence-corrected chi connectivity index (χ3v) is 27.0. The van der Waals surface area contributed by atoms with Crippen LogP contribution in [0.15, 0.2) is 364 Å². The number of benzene rings is 17. The lowest BCUT2D eigenvalue weighted by molar-refractivity contribution is 0.520. The first kappa shape index (κ1) is 61.8. The first-order valence-electron chi connectivity index (χ1n) is 36.2. The molecular weight excluding hydrogens is 1340 g/mol. The fourth-order valence-electron chi connectivity index (χ4n) is 17.1. The van der Waals surface area contributed by atoms with E-state index in [4.69, 9.17) is 0 Å². The second-order valence-corrected chi connectivity index (χ2v) is 32.4. The van der Waals surface area contributed by atoms with Gasteiger partial charge >= 0.3 is 0 Å². The van der Waals surface area contributed by atoms with Crippen LogP contribution in [0.2, 0.25) is 0 Å². The molecule has 4 heteroatoms. The molecule has 1 aliphatic carbocycles. The van der Waals surface area contributed by atoms with Gasteiger partial charge in [-0.3, -0.25) is 0 Å². The molecule has 0 saturated heterocycles. The summed E-state index contributed by atoms with van der Waals surface area (Å²) in [7, 11) is 0.